The van der Waals surface area contributed by atoms with Crippen LogP contribution in [0.1, 0.15) is 34.1 Å². The SMILES string of the molecule is CCCN1CCc2c(sc3nc(SCC(=O)c4ccccc4)nc(N)c23)C1. The Kier molecular flexibility index (Phi) is 5.43. The van der Waals surface area contributed by atoms with E-state index in [-0.39, 0.29) is 5.78 Å². The molecule has 3 heterocycles. The van der Waals surface area contributed by atoms with Crippen LogP contribution in [0.3, 0.4) is 0 Å². The van der Waals surface area contributed by atoms with Gasteiger partial charge in [-0.3, -0.25) is 9.69 Å². The van der Waals surface area contributed by atoms with Gasteiger partial charge in [-0.15, -0.1) is 11.3 Å². The molecule has 0 unspecified atom stereocenters. The van der Waals surface area contributed by atoms with Crippen molar-refractivity contribution in [2.45, 2.75) is 31.5 Å². The molecule has 5 nitrogen and oxygen atoms in total. The number of fused-ring (bicyclic) bond motifs is 3. The van der Waals surface area contributed by atoms with Crippen LogP contribution in [0.25, 0.3) is 10.2 Å². The minimum absolute atomic E-state index is 0.0727. The average molecular weight is 399 g/mol. The highest BCUT2D eigenvalue weighted by molar-refractivity contribution is 7.99. The molecule has 0 aliphatic carbocycles. The lowest BCUT2D eigenvalue weighted by Gasteiger charge is -2.26. The quantitative estimate of drug-likeness (QED) is 0.384. The van der Waals surface area contributed by atoms with Crippen LogP contribution in [0, 0.1) is 0 Å². The van der Waals surface area contributed by atoms with Gasteiger partial charge in [0.1, 0.15) is 10.6 Å². The Morgan fingerprint density at radius 2 is 2.11 bits per heavy atom. The van der Waals surface area contributed by atoms with Crippen molar-refractivity contribution >= 4 is 44.9 Å². The first-order chi connectivity index (χ1) is 13.2. The van der Waals surface area contributed by atoms with E-state index in [0.717, 1.165) is 36.3 Å². The second-order valence-electron chi connectivity index (χ2n) is 6.68. The fourth-order valence-corrected chi connectivity index (χ4v) is 5.54. The summed E-state index contributed by atoms with van der Waals surface area (Å²) in [5.74, 6) is 0.921. The van der Waals surface area contributed by atoms with Crippen LogP contribution in [-0.4, -0.2) is 39.5 Å². The molecule has 1 aliphatic rings. The van der Waals surface area contributed by atoms with Gasteiger partial charge in [-0.1, -0.05) is 49.0 Å². The van der Waals surface area contributed by atoms with Crippen LogP contribution >= 0.6 is 23.1 Å². The number of nitrogen functional groups attached to an aromatic ring is 1. The van der Waals surface area contributed by atoms with E-state index in [4.69, 9.17) is 10.7 Å². The summed E-state index contributed by atoms with van der Waals surface area (Å²) in [6.45, 7) is 5.37. The van der Waals surface area contributed by atoms with Gasteiger partial charge in [0.15, 0.2) is 10.9 Å². The predicted molar refractivity (Wildman–Crippen MR) is 113 cm³/mol. The van der Waals surface area contributed by atoms with Gasteiger partial charge in [0.25, 0.3) is 0 Å². The third-order valence-corrected chi connectivity index (χ3v) is 6.71. The molecule has 0 spiro atoms. The van der Waals surface area contributed by atoms with E-state index < -0.39 is 0 Å². The van der Waals surface area contributed by atoms with Crippen molar-refractivity contribution in [2.75, 3.05) is 24.6 Å². The average Bonchev–Trinajstić information content (AvgIpc) is 3.05. The molecule has 0 atom stereocenters. The van der Waals surface area contributed by atoms with E-state index in [0.29, 0.717) is 22.3 Å². The number of thiophene rings is 1. The van der Waals surface area contributed by atoms with Gasteiger partial charge in [-0.05, 0) is 24.9 Å². The first-order valence-electron chi connectivity index (χ1n) is 9.17. The maximum absolute atomic E-state index is 12.3. The topological polar surface area (TPSA) is 72.1 Å². The Labute approximate surface area is 167 Å². The van der Waals surface area contributed by atoms with Crippen molar-refractivity contribution in [1.82, 2.24) is 14.9 Å². The second kappa shape index (κ2) is 7.96. The summed E-state index contributed by atoms with van der Waals surface area (Å²) >= 11 is 3.07. The number of hydrogen-bond donors (Lipinski definition) is 1. The Morgan fingerprint density at radius 3 is 2.89 bits per heavy atom. The zero-order valence-electron chi connectivity index (χ0n) is 15.3. The maximum Gasteiger partial charge on any atom is 0.191 e. The number of Topliss-reactive ketones (excluding diaryl/α,β-unsaturated/α-hetero) is 1. The first kappa shape index (κ1) is 18.4. The number of benzene rings is 1. The largest absolute Gasteiger partial charge is 0.383 e. The van der Waals surface area contributed by atoms with Gasteiger partial charge >= 0.3 is 0 Å². The van der Waals surface area contributed by atoms with Crippen LogP contribution in [0.4, 0.5) is 5.82 Å². The molecule has 1 aliphatic heterocycles. The summed E-state index contributed by atoms with van der Waals surface area (Å²) in [4.78, 5) is 26.3. The zero-order chi connectivity index (χ0) is 18.8. The maximum atomic E-state index is 12.3. The Morgan fingerprint density at radius 1 is 1.30 bits per heavy atom. The molecule has 0 saturated carbocycles. The van der Waals surface area contributed by atoms with E-state index in [2.05, 4.69) is 16.8 Å². The number of aromatic nitrogens is 2. The lowest BCUT2D eigenvalue weighted by atomic mass is 10.1. The summed E-state index contributed by atoms with van der Waals surface area (Å²) in [5.41, 5.74) is 8.31. The lowest BCUT2D eigenvalue weighted by Crippen LogP contribution is -2.30. The molecule has 0 fully saturated rings. The third-order valence-electron chi connectivity index (χ3n) is 4.75. The van der Waals surface area contributed by atoms with E-state index in [1.807, 2.05) is 30.3 Å². The molecule has 4 rings (SSSR count). The minimum atomic E-state index is 0.0727. The van der Waals surface area contributed by atoms with Crippen LogP contribution in [0.15, 0.2) is 35.5 Å². The number of anilines is 1. The Balaban J connectivity index is 1.55. The Hall–Kier alpha value is -1.96. The first-order valence-corrected chi connectivity index (χ1v) is 11.0. The normalized spacial score (nSPS) is 14.4. The number of nitrogens with two attached hydrogens (primary N) is 1. The number of thioether (sulfide) groups is 1. The van der Waals surface area contributed by atoms with Gasteiger partial charge < -0.3 is 5.73 Å². The third kappa shape index (κ3) is 3.85. The highest BCUT2D eigenvalue weighted by atomic mass is 32.2. The molecule has 0 amide bonds. The highest BCUT2D eigenvalue weighted by Gasteiger charge is 2.23. The minimum Gasteiger partial charge on any atom is -0.383 e. The molecular formula is C20H22N4OS2. The van der Waals surface area contributed by atoms with E-state index in [9.17, 15) is 4.79 Å². The van der Waals surface area contributed by atoms with E-state index >= 15 is 0 Å². The van der Waals surface area contributed by atoms with Crippen LogP contribution in [-0.2, 0) is 13.0 Å². The number of carbonyl (C=O) groups is 1. The monoisotopic (exact) mass is 398 g/mol. The molecule has 0 radical (unpaired) electrons. The summed E-state index contributed by atoms with van der Waals surface area (Å²) in [6.07, 6.45) is 2.17. The van der Waals surface area contributed by atoms with Crippen molar-refractivity contribution < 1.29 is 4.79 Å². The number of ketones is 1. The smallest absolute Gasteiger partial charge is 0.191 e. The van der Waals surface area contributed by atoms with Gasteiger partial charge in [0.2, 0.25) is 0 Å². The lowest BCUT2D eigenvalue weighted by molar-refractivity contribution is 0.102. The van der Waals surface area contributed by atoms with Gasteiger partial charge in [-0.25, -0.2) is 9.97 Å². The molecule has 1 aromatic carbocycles. The Bertz CT molecular complexity index is 971. The van der Waals surface area contributed by atoms with Gasteiger partial charge in [0.05, 0.1) is 11.1 Å². The summed E-state index contributed by atoms with van der Waals surface area (Å²) in [5, 5.41) is 1.60. The molecule has 27 heavy (non-hydrogen) atoms. The second-order valence-corrected chi connectivity index (χ2v) is 8.71. The molecule has 0 bridgehead atoms. The highest BCUT2D eigenvalue weighted by Crippen LogP contribution is 2.37. The molecular weight excluding hydrogens is 376 g/mol. The van der Waals surface area contributed by atoms with E-state index in [1.54, 1.807) is 11.3 Å². The summed E-state index contributed by atoms with van der Waals surface area (Å²) in [6, 6.07) is 9.31. The van der Waals surface area contributed by atoms with Gasteiger partial charge in [-0.2, -0.15) is 0 Å². The van der Waals surface area contributed by atoms with Crippen molar-refractivity contribution in [3.8, 4) is 0 Å². The van der Waals surface area contributed by atoms with Crippen LogP contribution < -0.4 is 5.73 Å². The molecule has 2 N–H and O–H groups in total. The summed E-state index contributed by atoms with van der Waals surface area (Å²) in [7, 11) is 0. The van der Waals surface area contributed by atoms with E-state index in [1.165, 1.54) is 28.6 Å². The fourth-order valence-electron chi connectivity index (χ4n) is 3.46. The van der Waals surface area contributed by atoms with Crippen molar-refractivity contribution in [3.63, 3.8) is 0 Å². The van der Waals surface area contributed by atoms with Crippen molar-refractivity contribution in [1.29, 1.82) is 0 Å². The number of hydrogen-bond acceptors (Lipinski definition) is 7. The fraction of sp³-hybridized carbons (Fsp3) is 0.350. The molecule has 0 saturated heterocycles. The number of nitrogens with zero attached hydrogens (tertiary/aromatic N) is 3. The molecule has 2 aromatic heterocycles. The molecule has 140 valence electrons. The standard InChI is InChI=1S/C20H22N4OS2/c1-2-9-24-10-8-14-16(11-24)27-19-17(14)18(21)22-20(23-19)26-12-15(25)13-6-4-3-5-7-13/h3-7H,2,8-12H2,1H3,(H2,21,22,23). The molecule has 7 heteroatoms. The molecule has 3 aromatic rings. The van der Waals surface area contributed by atoms with Crippen molar-refractivity contribution in [3.05, 3.63) is 46.3 Å². The zero-order valence-corrected chi connectivity index (χ0v) is 16.9. The number of rotatable bonds is 6. The van der Waals surface area contributed by atoms with Gasteiger partial charge in [0, 0.05) is 23.5 Å². The predicted octanol–water partition coefficient (Wildman–Crippen LogP) is 4.02. The number of carbonyl (C=O) groups excluding carboxylic acids is 1. The van der Waals surface area contributed by atoms with Crippen LogP contribution in [0.2, 0.25) is 0 Å². The van der Waals surface area contributed by atoms with Crippen molar-refractivity contribution in [2.24, 2.45) is 0 Å². The van der Waals surface area contributed by atoms with Crippen LogP contribution in [0.5, 0.6) is 0 Å². The summed E-state index contributed by atoms with van der Waals surface area (Å²) < 4.78 is 0.